The number of nitrogens with zero attached hydrogens (tertiary/aromatic N) is 2. The first kappa shape index (κ1) is 22.1. The van der Waals surface area contributed by atoms with Gasteiger partial charge < -0.3 is 19.5 Å². The summed E-state index contributed by atoms with van der Waals surface area (Å²) in [5.41, 5.74) is 1.99. The number of hydrogen-bond donors (Lipinski definition) is 1. The number of ether oxygens (including phenoxy) is 2. The van der Waals surface area contributed by atoms with Crippen LogP contribution in [-0.4, -0.2) is 40.4 Å². The number of hydrogen-bond acceptors (Lipinski definition) is 6. The molecule has 168 valence electrons. The van der Waals surface area contributed by atoms with Gasteiger partial charge in [0, 0.05) is 24.5 Å². The molecule has 2 aromatic carbocycles. The highest BCUT2D eigenvalue weighted by Crippen LogP contribution is 2.40. The molecule has 1 aromatic heterocycles. The van der Waals surface area contributed by atoms with Crippen LogP contribution >= 0.6 is 0 Å². The number of Topliss-reactive ketones (excluding diaryl/α,β-unsaturated/α-hetero) is 1. The highest BCUT2D eigenvalue weighted by Gasteiger charge is 2.46. The third kappa shape index (κ3) is 4.43. The van der Waals surface area contributed by atoms with Gasteiger partial charge in [-0.2, -0.15) is 0 Å². The SMILES string of the molecule is CCOc1ccc(C2/C(=C(/O)c3ccncc3)C(=O)C(=O)N2Cc2ccc(OC)cc2)cc1. The lowest BCUT2D eigenvalue weighted by Crippen LogP contribution is -2.29. The lowest BCUT2D eigenvalue weighted by Gasteiger charge is -2.25. The molecule has 1 N–H and O–H groups in total. The molecule has 0 bridgehead atoms. The van der Waals surface area contributed by atoms with Gasteiger partial charge in [0.1, 0.15) is 17.3 Å². The lowest BCUT2D eigenvalue weighted by atomic mass is 9.95. The van der Waals surface area contributed by atoms with Gasteiger partial charge in [0.05, 0.1) is 25.3 Å². The standard InChI is InChI=1S/C26H24N2O5/c1-3-33-21-10-6-18(7-11-21)23-22(24(29)19-12-14-27-15-13-19)25(30)26(31)28(23)16-17-4-8-20(32-2)9-5-17/h4-15,23,29H,3,16H2,1-2H3/b24-22-. The molecule has 1 fully saturated rings. The van der Waals surface area contributed by atoms with E-state index >= 15 is 0 Å². The first-order valence-electron chi connectivity index (χ1n) is 10.6. The summed E-state index contributed by atoms with van der Waals surface area (Å²) in [6.45, 7) is 2.61. The quantitative estimate of drug-likeness (QED) is 0.335. The van der Waals surface area contributed by atoms with Crippen LogP contribution in [0.4, 0.5) is 0 Å². The van der Waals surface area contributed by atoms with Crippen LogP contribution < -0.4 is 9.47 Å². The van der Waals surface area contributed by atoms with E-state index in [1.54, 1.807) is 43.5 Å². The fraction of sp³-hybridized carbons (Fsp3) is 0.192. The minimum absolute atomic E-state index is 0.0453. The number of rotatable bonds is 7. The molecular formula is C26H24N2O5. The van der Waals surface area contributed by atoms with Gasteiger partial charge in [0.25, 0.3) is 11.7 Å². The zero-order chi connectivity index (χ0) is 23.4. The van der Waals surface area contributed by atoms with E-state index in [-0.39, 0.29) is 17.9 Å². The van der Waals surface area contributed by atoms with Crippen molar-refractivity contribution in [3.8, 4) is 11.5 Å². The monoisotopic (exact) mass is 444 g/mol. The normalized spacial score (nSPS) is 17.3. The van der Waals surface area contributed by atoms with Crippen molar-refractivity contribution in [2.45, 2.75) is 19.5 Å². The van der Waals surface area contributed by atoms with Crippen molar-refractivity contribution in [2.75, 3.05) is 13.7 Å². The Labute approximate surface area is 191 Å². The van der Waals surface area contributed by atoms with E-state index in [1.807, 2.05) is 31.2 Å². The van der Waals surface area contributed by atoms with E-state index in [0.29, 0.717) is 29.2 Å². The van der Waals surface area contributed by atoms with E-state index in [9.17, 15) is 14.7 Å². The summed E-state index contributed by atoms with van der Waals surface area (Å²) < 4.78 is 10.7. The summed E-state index contributed by atoms with van der Waals surface area (Å²) in [7, 11) is 1.58. The number of benzene rings is 2. The Morgan fingerprint density at radius 2 is 1.61 bits per heavy atom. The number of ketones is 1. The molecule has 1 saturated heterocycles. The molecule has 1 unspecified atom stereocenters. The molecule has 2 heterocycles. The van der Waals surface area contributed by atoms with Gasteiger partial charge in [0.15, 0.2) is 0 Å². The number of carbonyl (C=O) groups is 2. The highest BCUT2D eigenvalue weighted by atomic mass is 16.5. The molecule has 3 aromatic rings. The Hall–Kier alpha value is -4.13. The predicted molar refractivity (Wildman–Crippen MR) is 123 cm³/mol. The number of amides is 1. The Morgan fingerprint density at radius 3 is 2.21 bits per heavy atom. The summed E-state index contributed by atoms with van der Waals surface area (Å²) in [6.07, 6.45) is 3.04. The summed E-state index contributed by atoms with van der Waals surface area (Å²) in [6, 6.07) is 16.9. The molecular weight excluding hydrogens is 420 g/mol. The van der Waals surface area contributed by atoms with E-state index in [4.69, 9.17) is 9.47 Å². The smallest absolute Gasteiger partial charge is 0.295 e. The van der Waals surface area contributed by atoms with Crippen LogP contribution in [0.1, 0.15) is 29.7 Å². The maximum Gasteiger partial charge on any atom is 0.295 e. The van der Waals surface area contributed by atoms with E-state index < -0.39 is 17.7 Å². The van der Waals surface area contributed by atoms with E-state index in [0.717, 1.165) is 5.56 Å². The zero-order valence-electron chi connectivity index (χ0n) is 18.4. The van der Waals surface area contributed by atoms with Crippen LogP contribution in [0.5, 0.6) is 11.5 Å². The topological polar surface area (TPSA) is 89.0 Å². The molecule has 4 rings (SSSR count). The average Bonchev–Trinajstić information content (AvgIpc) is 3.10. The summed E-state index contributed by atoms with van der Waals surface area (Å²) >= 11 is 0. The second kappa shape index (κ2) is 9.56. The fourth-order valence-electron chi connectivity index (χ4n) is 3.90. The zero-order valence-corrected chi connectivity index (χ0v) is 18.4. The minimum Gasteiger partial charge on any atom is -0.507 e. The number of pyridine rings is 1. The van der Waals surface area contributed by atoms with Gasteiger partial charge in [0.2, 0.25) is 0 Å². The molecule has 0 spiro atoms. The maximum absolute atomic E-state index is 13.1. The predicted octanol–water partition coefficient (Wildman–Crippen LogP) is 4.11. The number of methoxy groups -OCH3 is 1. The molecule has 0 radical (unpaired) electrons. The van der Waals surface area contributed by atoms with Crippen molar-refractivity contribution in [2.24, 2.45) is 0 Å². The third-order valence-corrected chi connectivity index (χ3v) is 5.51. The van der Waals surface area contributed by atoms with Crippen LogP contribution in [0.3, 0.4) is 0 Å². The minimum atomic E-state index is -0.754. The molecule has 7 nitrogen and oxygen atoms in total. The first-order chi connectivity index (χ1) is 16.0. The highest BCUT2D eigenvalue weighted by molar-refractivity contribution is 6.46. The van der Waals surface area contributed by atoms with Crippen LogP contribution in [0.2, 0.25) is 0 Å². The van der Waals surface area contributed by atoms with Crippen molar-refractivity contribution >= 4 is 17.4 Å². The third-order valence-electron chi connectivity index (χ3n) is 5.51. The molecule has 1 atom stereocenters. The number of aliphatic hydroxyl groups is 1. The van der Waals surface area contributed by atoms with Crippen molar-refractivity contribution < 1.29 is 24.2 Å². The largest absolute Gasteiger partial charge is 0.507 e. The molecule has 7 heteroatoms. The number of likely N-dealkylation sites (tertiary alicyclic amines) is 1. The summed E-state index contributed by atoms with van der Waals surface area (Å²) in [4.78, 5) is 31.6. The summed E-state index contributed by atoms with van der Waals surface area (Å²) in [5.74, 6) is -0.243. The second-order valence-electron chi connectivity index (χ2n) is 7.51. The molecule has 1 amide bonds. The first-order valence-corrected chi connectivity index (χ1v) is 10.6. The molecule has 1 aliphatic rings. The van der Waals surface area contributed by atoms with Gasteiger partial charge in [-0.05, 0) is 54.4 Å². The number of aliphatic hydroxyl groups excluding tert-OH is 1. The number of carbonyl (C=O) groups excluding carboxylic acids is 2. The fourth-order valence-corrected chi connectivity index (χ4v) is 3.90. The van der Waals surface area contributed by atoms with Gasteiger partial charge in [-0.3, -0.25) is 14.6 Å². The van der Waals surface area contributed by atoms with E-state index in [2.05, 4.69) is 4.98 Å². The van der Waals surface area contributed by atoms with Crippen molar-refractivity contribution in [3.63, 3.8) is 0 Å². The molecule has 0 saturated carbocycles. The van der Waals surface area contributed by atoms with Crippen LogP contribution in [0.15, 0.2) is 78.6 Å². The van der Waals surface area contributed by atoms with Crippen LogP contribution in [-0.2, 0) is 16.1 Å². The lowest BCUT2D eigenvalue weighted by molar-refractivity contribution is -0.140. The van der Waals surface area contributed by atoms with Gasteiger partial charge in [-0.15, -0.1) is 0 Å². The van der Waals surface area contributed by atoms with Gasteiger partial charge in [-0.25, -0.2) is 0 Å². The maximum atomic E-state index is 13.1. The molecule has 0 aliphatic carbocycles. The van der Waals surface area contributed by atoms with Crippen LogP contribution in [0, 0.1) is 0 Å². The molecule has 33 heavy (non-hydrogen) atoms. The van der Waals surface area contributed by atoms with Crippen molar-refractivity contribution in [3.05, 3.63) is 95.3 Å². The van der Waals surface area contributed by atoms with Gasteiger partial charge >= 0.3 is 0 Å². The van der Waals surface area contributed by atoms with Crippen LogP contribution in [0.25, 0.3) is 5.76 Å². The Bertz CT molecular complexity index is 1170. The number of aromatic nitrogens is 1. The van der Waals surface area contributed by atoms with Crippen molar-refractivity contribution in [1.82, 2.24) is 9.88 Å². The second-order valence-corrected chi connectivity index (χ2v) is 7.51. The van der Waals surface area contributed by atoms with Crippen molar-refractivity contribution in [1.29, 1.82) is 0 Å². The molecule has 1 aliphatic heterocycles. The summed E-state index contributed by atoms with van der Waals surface area (Å²) in [5, 5.41) is 11.0. The Balaban J connectivity index is 1.80. The Kier molecular flexibility index (Phi) is 6.40. The van der Waals surface area contributed by atoms with E-state index in [1.165, 1.54) is 17.3 Å². The van der Waals surface area contributed by atoms with Gasteiger partial charge in [-0.1, -0.05) is 24.3 Å². The Morgan fingerprint density at radius 1 is 0.970 bits per heavy atom. The average molecular weight is 444 g/mol.